The summed E-state index contributed by atoms with van der Waals surface area (Å²) in [6, 6.07) is 6.53. The van der Waals surface area contributed by atoms with Crippen LogP contribution in [-0.2, 0) is 11.8 Å². The Morgan fingerprint density at radius 3 is 2.45 bits per heavy atom. The number of nitrogens with zero attached hydrogens (tertiary/aromatic N) is 2. The molecule has 1 saturated heterocycles. The number of aliphatic hydroxyl groups is 1. The first-order valence-corrected chi connectivity index (χ1v) is 13.3. The number of hydrogen-bond acceptors (Lipinski definition) is 8. The minimum Gasteiger partial charge on any atom is -0.494 e. The molecule has 1 aromatic heterocycles. The van der Waals surface area contributed by atoms with E-state index >= 15 is 0 Å². The number of β-amino-alcohol motifs (C(OH)–C–C–N with tert-alkyl or cyclic N) is 1. The number of aromatic nitrogens is 2. The zero-order valence-corrected chi connectivity index (χ0v) is 24.1. The SMILES string of the molecule is COc1ccc(-c2cnc(C(=O)Nc3ccc(C(=O)NCCNC(=O)N[C@H]4CNC[C@@H]4O)c(C)c3)n2C)c(F)c1F.O=CO. The number of methoxy groups -OCH3 is 1. The number of anilines is 1. The summed E-state index contributed by atoms with van der Waals surface area (Å²) in [5, 5.41) is 30.3. The molecule has 4 amide bonds. The first-order valence-electron chi connectivity index (χ1n) is 13.3. The molecule has 1 fully saturated rings. The van der Waals surface area contributed by atoms with Crippen molar-refractivity contribution in [2.75, 3.05) is 38.6 Å². The van der Waals surface area contributed by atoms with Crippen LogP contribution < -0.4 is 31.3 Å². The molecule has 44 heavy (non-hydrogen) atoms. The topological polar surface area (TPSA) is 196 Å². The highest BCUT2D eigenvalue weighted by molar-refractivity contribution is 6.03. The van der Waals surface area contributed by atoms with Gasteiger partial charge in [0.05, 0.1) is 31.1 Å². The quantitative estimate of drug-likeness (QED) is 0.135. The van der Waals surface area contributed by atoms with Crippen molar-refractivity contribution < 1.29 is 42.9 Å². The van der Waals surface area contributed by atoms with E-state index < -0.39 is 29.7 Å². The molecule has 16 heteroatoms. The molecule has 2 aromatic carbocycles. The molecule has 1 aliphatic rings. The Bertz CT molecular complexity index is 1520. The number of rotatable bonds is 9. The predicted molar refractivity (Wildman–Crippen MR) is 154 cm³/mol. The van der Waals surface area contributed by atoms with Gasteiger partial charge in [0.15, 0.2) is 17.4 Å². The van der Waals surface area contributed by atoms with Gasteiger partial charge in [-0.15, -0.1) is 0 Å². The summed E-state index contributed by atoms with van der Waals surface area (Å²) in [7, 11) is 2.74. The highest BCUT2D eigenvalue weighted by atomic mass is 19.2. The number of carbonyl (C=O) groups is 4. The molecule has 0 spiro atoms. The van der Waals surface area contributed by atoms with Crippen LogP contribution in [0, 0.1) is 18.6 Å². The second-order valence-corrected chi connectivity index (χ2v) is 9.55. The minimum absolute atomic E-state index is 0.0367. The molecule has 4 rings (SSSR count). The van der Waals surface area contributed by atoms with Gasteiger partial charge in [-0.1, -0.05) is 0 Å². The zero-order valence-electron chi connectivity index (χ0n) is 24.1. The summed E-state index contributed by atoms with van der Waals surface area (Å²) in [6.07, 6.45) is 0.623. The molecule has 0 bridgehead atoms. The van der Waals surface area contributed by atoms with E-state index in [2.05, 4.69) is 31.6 Å². The maximum atomic E-state index is 14.6. The number of urea groups is 1. The van der Waals surface area contributed by atoms with Gasteiger partial charge in [-0.3, -0.25) is 14.4 Å². The van der Waals surface area contributed by atoms with E-state index in [1.807, 2.05) is 0 Å². The third-order valence-corrected chi connectivity index (χ3v) is 6.66. The van der Waals surface area contributed by atoms with Crippen molar-refractivity contribution in [3.05, 3.63) is 65.1 Å². The van der Waals surface area contributed by atoms with Crippen molar-refractivity contribution in [3.63, 3.8) is 0 Å². The Morgan fingerprint density at radius 1 is 1.11 bits per heavy atom. The predicted octanol–water partition coefficient (Wildman–Crippen LogP) is 0.997. The fraction of sp³-hybridized carbons (Fsp3) is 0.321. The minimum atomic E-state index is -1.14. The van der Waals surface area contributed by atoms with Gasteiger partial charge in [-0.2, -0.15) is 4.39 Å². The van der Waals surface area contributed by atoms with Crippen LogP contribution in [0.1, 0.15) is 26.5 Å². The number of carboxylic acid groups (broad SMARTS) is 1. The van der Waals surface area contributed by atoms with E-state index in [-0.39, 0.29) is 54.3 Å². The highest BCUT2D eigenvalue weighted by Gasteiger charge is 2.26. The van der Waals surface area contributed by atoms with E-state index in [4.69, 9.17) is 14.6 Å². The lowest BCUT2D eigenvalue weighted by Crippen LogP contribution is -2.48. The van der Waals surface area contributed by atoms with Crippen LogP contribution in [0.4, 0.5) is 19.3 Å². The number of ether oxygens (including phenoxy) is 1. The molecule has 2 heterocycles. The van der Waals surface area contributed by atoms with E-state index in [0.29, 0.717) is 29.9 Å². The first-order chi connectivity index (χ1) is 21.0. The molecule has 3 aromatic rings. The largest absolute Gasteiger partial charge is 0.494 e. The van der Waals surface area contributed by atoms with E-state index in [1.54, 1.807) is 25.1 Å². The molecule has 236 valence electrons. The lowest BCUT2D eigenvalue weighted by molar-refractivity contribution is -0.122. The van der Waals surface area contributed by atoms with Crippen LogP contribution in [0.25, 0.3) is 11.3 Å². The van der Waals surface area contributed by atoms with Gasteiger partial charge >= 0.3 is 6.03 Å². The lowest BCUT2D eigenvalue weighted by atomic mass is 10.1. The molecule has 0 saturated carbocycles. The number of nitrogens with one attached hydrogen (secondary N) is 5. The maximum absolute atomic E-state index is 14.6. The summed E-state index contributed by atoms with van der Waals surface area (Å²) in [4.78, 5) is 49.9. The Morgan fingerprint density at radius 2 is 1.82 bits per heavy atom. The van der Waals surface area contributed by atoms with Gasteiger partial charge in [-0.05, 0) is 42.8 Å². The number of amides is 4. The smallest absolute Gasteiger partial charge is 0.315 e. The Hall–Kier alpha value is -5.09. The molecular formula is C28H33F2N7O7. The Balaban J connectivity index is 0.00000169. The highest BCUT2D eigenvalue weighted by Crippen LogP contribution is 2.30. The number of aryl methyl sites for hydroxylation is 1. The molecule has 2 atom stereocenters. The second kappa shape index (κ2) is 15.4. The number of carbonyl (C=O) groups excluding carboxylic acids is 3. The second-order valence-electron chi connectivity index (χ2n) is 9.55. The summed E-state index contributed by atoms with van der Waals surface area (Å²) in [6.45, 7) is 2.71. The van der Waals surface area contributed by atoms with Crippen LogP contribution in [0.15, 0.2) is 36.5 Å². The maximum Gasteiger partial charge on any atom is 0.315 e. The van der Waals surface area contributed by atoms with Gasteiger partial charge < -0.3 is 46.1 Å². The van der Waals surface area contributed by atoms with Gasteiger partial charge in [0.25, 0.3) is 18.3 Å². The Kier molecular flexibility index (Phi) is 11.7. The Labute approximate surface area is 250 Å². The fourth-order valence-corrected chi connectivity index (χ4v) is 4.42. The summed E-state index contributed by atoms with van der Waals surface area (Å²) >= 11 is 0. The van der Waals surface area contributed by atoms with E-state index in [9.17, 15) is 28.3 Å². The van der Waals surface area contributed by atoms with Crippen LogP contribution in [0.5, 0.6) is 5.75 Å². The monoisotopic (exact) mass is 617 g/mol. The third kappa shape index (κ3) is 8.05. The molecule has 0 aliphatic carbocycles. The number of hydrogen-bond donors (Lipinski definition) is 7. The molecule has 0 unspecified atom stereocenters. The summed E-state index contributed by atoms with van der Waals surface area (Å²) in [5.74, 6) is -3.49. The molecule has 14 nitrogen and oxygen atoms in total. The third-order valence-electron chi connectivity index (χ3n) is 6.66. The molecule has 7 N–H and O–H groups in total. The number of halogens is 2. The average Bonchev–Trinajstić information content (AvgIpc) is 3.57. The van der Waals surface area contributed by atoms with Crippen LogP contribution in [0.3, 0.4) is 0 Å². The first kappa shape index (κ1) is 33.4. The normalized spacial score (nSPS) is 15.4. The summed E-state index contributed by atoms with van der Waals surface area (Å²) in [5.41, 5.74) is 1.48. The van der Waals surface area contributed by atoms with Crippen molar-refractivity contribution in [3.8, 4) is 17.0 Å². The van der Waals surface area contributed by atoms with Crippen LogP contribution >= 0.6 is 0 Å². The van der Waals surface area contributed by atoms with Crippen molar-refractivity contribution in [2.45, 2.75) is 19.1 Å². The van der Waals surface area contributed by atoms with Crippen LogP contribution in [-0.4, -0.2) is 89.5 Å². The molecular weight excluding hydrogens is 584 g/mol. The van der Waals surface area contributed by atoms with Crippen molar-refractivity contribution in [2.24, 2.45) is 7.05 Å². The lowest BCUT2D eigenvalue weighted by Gasteiger charge is -2.16. The van der Waals surface area contributed by atoms with E-state index in [1.165, 1.54) is 37.1 Å². The fourth-order valence-electron chi connectivity index (χ4n) is 4.42. The number of benzene rings is 2. The van der Waals surface area contributed by atoms with Crippen molar-refractivity contribution in [1.82, 2.24) is 30.8 Å². The average molecular weight is 618 g/mol. The van der Waals surface area contributed by atoms with Gasteiger partial charge in [0.1, 0.15) is 0 Å². The van der Waals surface area contributed by atoms with E-state index in [0.717, 1.165) is 0 Å². The molecule has 1 aliphatic heterocycles. The van der Waals surface area contributed by atoms with Gasteiger partial charge in [0, 0.05) is 50.0 Å². The number of imidazole rings is 1. The zero-order chi connectivity index (χ0) is 32.4. The standard InChI is InChI=1S/C27H31F2N7O5.CH2O2/c1-14-10-15(4-5-16(14)25(38)31-8-9-32-27(40)35-18-11-30-13-20(18)37)34-26(39)24-33-12-19(36(24)2)17-6-7-21(41-3)23(29)22(17)28;2-1-3/h4-7,10,12,18,20,30,37H,8-9,11,13H2,1-3H3,(H,31,38)(H,34,39)(H2,32,35,40);1H,(H,2,3)/t18-,20-;/m0./s1. The van der Waals surface area contributed by atoms with Gasteiger partial charge in [-0.25, -0.2) is 14.2 Å². The van der Waals surface area contributed by atoms with Crippen molar-refractivity contribution in [1.29, 1.82) is 0 Å². The summed E-state index contributed by atoms with van der Waals surface area (Å²) < 4.78 is 34.9. The van der Waals surface area contributed by atoms with Gasteiger partial charge in [0.2, 0.25) is 5.82 Å². The van der Waals surface area contributed by atoms with Crippen molar-refractivity contribution >= 4 is 30.0 Å². The molecule has 0 radical (unpaired) electrons. The van der Waals surface area contributed by atoms with Crippen LogP contribution in [0.2, 0.25) is 0 Å². The number of aliphatic hydroxyl groups excluding tert-OH is 1.